The van der Waals surface area contributed by atoms with Crippen molar-refractivity contribution in [1.82, 2.24) is 0 Å². The summed E-state index contributed by atoms with van der Waals surface area (Å²) in [6.45, 7) is 1.68. The molecule has 0 aromatic heterocycles. The minimum atomic E-state index is -3.97. The first kappa shape index (κ1) is 22.5. The zero-order valence-electron chi connectivity index (χ0n) is 18.4. The first-order valence-electron chi connectivity index (χ1n) is 10.2. The zero-order chi connectivity index (χ0) is 23.6. The minimum absolute atomic E-state index is 0.0839. The van der Waals surface area contributed by atoms with E-state index < -0.39 is 22.0 Å². The topological polar surface area (TPSA) is 94.2 Å². The molecule has 33 heavy (non-hydrogen) atoms. The molecule has 0 bridgehead atoms. The number of nitrogens with zero attached hydrogens (tertiary/aromatic N) is 1. The Morgan fingerprint density at radius 3 is 2.45 bits per heavy atom. The second-order valence-electron chi connectivity index (χ2n) is 7.48. The molecule has 0 unspecified atom stereocenters. The molecule has 0 fully saturated rings. The lowest BCUT2D eigenvalue weighted by molar-refractivity contribution is -0.122. The minimum Gasteiger partial charge on any atom is -0.497 e. The van der Waals surface area contributed by atoms with Gasteiger partial charge >= 0.3 is 0 Å². The van der Waals surface area contributed by atoms with E-state index in [0.717, 1.165) is 5.56 Å². The van der Waals surface area contributed by atoms with Crippen molar-refractivity contribution >= 4 is 27.3 Å². The number of carbonyl (C=O) groups is 1. The molecule has 1 atom stereocenters. The van der Waals surface area contributed by atoms with Gasteiger partial charge in [0.2, 0.25) is 0 Å². The third kappa shape index (κ3) is 4.45. The molecular formula is C24H24N2O6S. The number of methoxy groups -OCH3 is 2. The van der Waals surface area contributed by atoms with Gasteiger partial charge < -0.3 is 19.5 Å². The predicted molar refractivity (Wildman–Crippen MR) is 125 cm³/mol. The molecule has 3 aromatic carbocycles. The van der Waals surface area contributed by atoms with E-state index in [1.807, 2.05) is 6.92 Å². The van der Waals surface area contributed by atoms with Crippen LogP contribution in [0.4, 0.5) is 11.4 Å². The third-order valence-electron chi connectivity index (χ3n) is 5.29. The van der Waals surface area contributed by atoms with Crippen LogP contribution >= 0.6 is 0 Å². The fourth-order valence-corrected chi connectivity index (χ4v) is 5.04. The molecule has 8 nitrogen and oxygen atoms in total. The average molecular weight is 469 g/mol. The van der Waals surface area contributed by atoms with Gasteiger partial charge in [0, 0.05) is 0 Å². The van der Waals surface area contributed by atoms with Crippen molar-refractivity contribution in [2.75, 3.05) is 30.4 Å². The van der Waals surface area contributed by atoms with Gasteiger partial charge in [0.05, 0.1) is 37.0 Å². The van der Waals surface area contributed by atoms with E-state index in [4.69, 9.17) is 14.2 Å². The average Bonchev–Trinajstić information content (AvgIpc) is 2.83. The molecule has 1 amide bonds. The Morgan fingerprint density at radius 2 is 1.76 bits per heavy atom. The number of fused-ring (bicyclic) bond motifs is 1. The van der Waals surface area contributed by atoms with Gasteiger partial charge in [0.1, 0.15) is 17.2 Å². The number of ether oxygens (including phenoxy) is 3. The molecule has 1 aliphatic rings. The molecule has 0 aliphatic carbocycles. The van der Waals surface area contributed by atoms with Crippen molar-refractivity contribution in [2.45, 2.75) is 17.9 Å². The Kier molecular flexibility index (Phi) is 6.15. The fraction of sp³-hybridized carbons (Fsp3) is 0.208. The number of amides is 1. The van der Waals surface area contributed by atoms with Crippen LogP contribution in [0.2, 0.25) is 0 Å². The number of anilines is 2. The Bertz CT molecular complexity index is 1270. The molecule has 9 heteroatoms. The SMILES string of the molecule is COc1ccc(S(=O)(=O)N2C[C@H](C(=O)Nc3ccccc3OC)Oc3cc(C)ccc32)cc1. The van der Waals surface area contributed by atoms with Crippen molar-refractivity contribution in [3.63, 3.8) is 0 Å². The molecule has 0 spiro atoms. The highest BCUT2D eigenvalue weighted by atomic mass is 32.2. The van der Waals surface area contributed by atoms with E-state index in [1.54, 1.807) is 54.6 Å². The molecule has 0 radical (unpaired) electrons. The van der Waals surface area contributed by atoms with Crippen LogP contribution in [0.1, 0.15) is 5.56 Å². The quantitative estimate of drug-likeness (QED) is 0.594. The Balaban J connectivity index is 1.69. The molecule has 4 rings (SSSR count). The molecule has 3 aromatic rings. The maximum atomic E-state index is 13.5. The lowest BCUT2D eigenvalue weighted by atomic mass is 10.1. The van der Waals surface area contributed by atoms with Crippen LogP contribution in [-0.2, 0) is 14.8 Å². The van der Waals surface area contributed by atoms with Gasteiger partial charge in [-0.15, -0.1) is 0 Å². The third-order valence-corrected chi connectivity index (χ3v) is 7.08. The molecule has 1 aliphatic heterocycles. The maximum Gasteiger partial charge on any atom is 0.267 e. The molecule has 0 saturated heterocycles. The van der Waals surface area contributed by atoms with Crippen LogP contribution in [-0.4, -0.2) is 41.2 Å². The van der Waals surface area contributed by atoms with Gasteiger partial charge in [-0.25, -0.2) is 8.42 Å². The van der Waals surface area contributed by atoms with Crippen LogP contribution in [0.3, 0.4) is 0 Å². The second-order valence-corrected chi connectivity index (χ2v) is 9.34. The summed E-state index contributed by atoms with van der Waals surface area (Å²) in [5, 5.41) is 2.78. The number of aryl methyl sites for hydroxylation is 1. The van der Waals surface area contributed by atoms with Crippen molar-refractivity contribution in [3.8, 4) is 17.2 Å². The smallest absolute Gasteiger partial charge is 0.267 e. The van der Waals surface area contributed by atoms with Gasteiger partial charge in [0.25, 0.3) is 15.9 Å². The Labute approximate surface area is 192 Å². The van der Waals surface area contributed by atoms with E-state index in [2.05, 4.69) is 5.32 Å². The number of sulfonamides is 1. The Hall–Kier alpha value is -3.72. The molecule has 172 valence electrons. The van der Waals surface area contributed by atoms with Crippen molar-refractivity contribution in [1.29, 1.82) is 0 Å². The first-order chi connectivity index (χ1) is 15.8. The monoisotopic (exact) mass is 468 g/mol. The Morgan fingerprint density at radius 1 is 1.03 bits per heavy atom. The zero-order valence-corrected chi connectivity index (χ0v) is 19.3. The van der Waals surface area contributed by atoms with Gasteiger partial charge in [-0.3, -0.25) is 9.10 Å². The highest BCUT2D eigenvalue weighted by Crippen LogP contribution is 2.38. The van der Waals surface area contributed by atoms with E-state index in [-0.39, 0.29) is 11.4 Å². The summed E-state index contributed by atoms with van der Waals surface area (Å²) in [7, 11) is -0.959. The van der Waals surface area contributed by atoms with Gasteiger partial charge in [-0.05, 0) is 61.0 Å². The van der Waals surface area contributed by atoms with Crippen molar-refractivity contribution in [3.05, 3.63) is 72.3 Å². The number of hydrogen-bond donors (Lipinski definition) is 1. The van der Waals surface area contributed by atoms with Crippen molar-refractivity contribution < 1.29 is 27.4 Å². The standard InChI is InChI=1S/C24H24N2O6S/c1-16-8-13-20-22(14-16)32-23(24(27)25-19-6-4-5-7-21(19)31-3)15-26(20)33(28,29)18-11-9-17(30-2)10-12-18/h4-14,23H,15H2,1-3H3,(H,25,27)/t23-/m1/s1. The van der Waals surface area contributed by atoms with Crippen LogP contribution in [0.15, 0.2) is 71.6 Å². The van der Waals surface area contributed by atoms with Crippen LogP contribution in [0.5, 0.6) is 17.2 Å². The number of nitrogens with one attached hydrogen (secondary N) is 1. The van der Waals surface area contributed by atoms with Crippen molar-refractivity contribution in [2.24, 2.45) is 0 Å². The number of benzene rings is 3. The lowest BCUT2D eigenvalue weighted by Gasteiger charge is -2.35. The molecule has 0 saturated carbocycles. The van der Waals surface area contributed by atoms with Gasteiger partial charge in [0.15, 0.2) is 6.10 Å². The first-order valence-corrected chi connectivity index (χ1v) is 11.7. The maximum absolute atomic E-state index is 13.5. The summed E-state index contributed by atoms with van der Waals surface area (Å²) in [5.41, 5.74) is 1.72. The lowest BCUT2D eigenvalue weighted by Crippen LogP contribution is -2.48. The fourth-order valence-electron chi connectivity index (χ4n) is 3.56. The number of rotatable bonds is 6. The normalized spacial score (nSPS) is 15.2. The molecule has 1 N–H and O–H groups in total. The molecule has 1 heterocycles. The number of carbonyl (C=O) groups excluding carboxylic acids is 1. The van der Waals surface area contributed by atoms with Gasteiger partial charge in [-0.1, -0.05) is 18.2 Å². The summed E-state index contributed by atoms with van der Waals surface area (Å²) in [5.74, 6) is 0.863. The second kappa shape index (κ2) is 9.03. The van der Waals surface area contributed by atoms with Crippen LogP contribution in [0, 0.1) is 6.92 Å². The van der Waals surface area contributed by atoms with E-state index in [9.17, 15) is 13.2 Å². The van der Waals surface area contributed by atoms with E-state index in [1.165, 1.54) is 30.7 Å². The van der Waals surface area contributed by atoms with E-state index >= 15 is 0 Å². The highest BCUT2D eigenvalue weighted by Gasteiger charge is 2.38. The largest absolute Gasteiger partial charge is 0.497 e. The summed E-state index contributed by atoms with van der Waals surface area (Å²) in [4.78, 5) is 13.2. The molecular weight excluding hydrogens is 444 g/mol. The van der Waals surface area contributed by atoms with E-state index in [0.29, 0.717) is 28.6 Å². The highest BCUT2D eigenvalue weighted by molar-refractivity contribution is 7.92. The predicted octanol–water partition coefficient (Wildman–Crippen LogP) is 3.61. The summed E-state index contributed by atoms with van der Waals surface area (Å²) >= 11 is 0. The van der Waals surface area contributed by atoms with Crippen LogP contribution in [0.25, 0.3) is 0 Å². The van der Waals surface area contributed by atoms with Gasteiger partial charge in [-0.2, -0.15) is 0 Å². The van der Waals surface area contributed by atoms with Crippen LogP contribution < -0.4 is 23.8 Å². The summed E-state index contributed by atoms with van der Waals surface area (Å²) in [6, 6.07) is 18.3. The number of hydrogen-bond acceptors (Lipinski definition) is 6. The summed E-state index contributed by atoms with van der Waals surface area (Å²) < 4.78 is 44.6. The summed E-state index contributed by atoms with van der Waals surface area (Å²) in [6.07, 6.45) is -1.07. The number of para-hydroxylation sites is 2.